The molecule has 0 radical (unpaired) electrons. The van der Waals surface area contributed by atoms with Crippen LogP contribution >= 0.6 is 0 Å². The van der Waals surface area contributed by atoms with Gasteiger partial charge in [0.25, 0.3) is 0 Å². The minimum Gasteiger partial charge on any atom is -0.486 e. The van der Waals surface area contributed by atoms with Crippen LogP contribution in [0.3, 0.4) is 0 Å². The lowest BCUT2D eigenvalue weighted by Crippen LogP contribution is -2.34. The second kappa shape index (κ2) is 14.0. The molecular weight excluding hydrogens is 526 g/mol. The molecule has 3 aromatic rings. The minimum absolute atomic E-state index is 0.0963. The third kappa shape index (κ3) is 8.22. The number of aryl methyl sites for hydroxylation is 1. The number of para-hydroxylation sites is 1. The Hall–Kier alpha value is -3.64. The van der Waals surface area contributed by atoms with Gasteiger partial charge >= 0.3 is 11.9 Å². The number of carboxylic acids is 2. The zero-order valence-corrected chi connectivity index (χ0v) is 25.4. The number of fused-ring (bicyclic) bond motifs is 1. The fraction of sp³-hybridized carbons (Fsp3) is 0.444. The van der Waals surface area contributed by atoms with Crippen LogP contribution in [0.15, 0.2) is 66.7 Å². The number of unbranched alkanes of at least 4 members (excludes halogenated alkanes) is 1. The SMILES string of the molecule is C[C@@H](Oc1ccccc1CCN(CCCCC(=O)O)C1CCCc2cc(C(=O)O)ccc21)c1ccc(C(C)(C)C)cc1. The lowest BCUT2D eigenvalue weighted by Gasteiger charge is -2.36. The number of carboxylic acid groups (broad SMARTS) is 2. The molecular formula is C36H45NO5. The van der Waals surface area contributed by atoms with Crippen LogP contribution in [0.25, 0.3) is 0 Å². The summed E-state index contributed by atoms with van der Waals surface area (Å²) in [4.78, 5) is 25.2. The second-order valence-electron chi connectivity index (χ2n) is 12.5. The van der Waals surface area contributed by atoms with Gasteiger partial charge in [-0.2, -0.15) is 0 Å². The number of aliphatic carboxylic acids is 1. The van der Waals surface area contributed by atoms with Gasteiger partial charge < -0.3 is 14.9 Å². The zero-order chi connectivity index (χ0) is 30.3. The molecule has 4 rings (SSSR count). The summed E-state index contributed by atoms with van der Waals surface area (Å²) in [6.07, 6.45) is 5.17. The molecule has 0 saturated heterocycles. The maximum absolute atomic E-state index is 11.6. The molecule has 6 heteroatoms. The van der Waals surface area contributed by atoms with E-state index in [1.165, 1.54) is 11.1 Å². The Kier molecular flexibility index (Phi) is 10.4. The van der Waals surface area contributed by atoms with Gasteiger partial charge in [0.15, 0.2) is 0 Å². The van der Waals surface area contributed by atoms with E-state index in [1.54, 1.807) is 6.07 Å². The third-order valence-corrected chi connectivity index (χ3v) is 8.39. The molecule has 2 atom stereocenters. The molecule has 6 nitrogen and oxygen atoms in total. The molecule has 0 spiro atoms. The van der Waals surface area contributed by atoms with Crippen molar-refractivity contribution in [3.8, 4) is 5.75 Å². The van der Waals surface area contributed by atoms with Gasteiger partial charge in [0.1, 0.15) is 11.9 Å². The third-order valence-electron chi connectivity index (χ3n) is 8.39. The van der Waals surface area contributed by atoms with Crippen LogP contribution in [-0.4, -0.2) is 40.1 Å². The van der Waals surface area contributed by atoms with E-state index in [9.17, 15) is 14.7 Å². The Morgan fingerprint density at radius 1 is 0.976 bits per heavy atom. The smallest absolute Gasteiger partial charge is 0.335 e. The van der Waals surface area contributed by atoms with Gasteiger partial charge in [0.05, 0.1) is 5.56 Å². The van der Waals surface area contributed by atoms with Crippen LogP contribution in [0.2, 0.25) is 0 Å². The van der Waals surface area contributed by atoms with Gasteiger partial charge in [-0.25, -0.2) is 4.79 Å². The molecule has 0 fully saturated rings. The Morgan fingerprint density at radius 2 is 1.71 bits per heavy atom. The molecule has 0 amide bonds. The van der Waals surface area contributed by atoms with E-state index in [4.69, 9.17) is 9.84 Å². The average Bonchev–Trinajstić information content (AvgIpc) is 2.96. The zero-order valence-electron chi connectivity index (χ0n) is 25.4. The number of benzene rings is 3. The van der Waals surface area contributed by atoms with Crippen molar-refractivity contribution >= 4 is 11.9 Å². The summed E-state index contributed by atoms with van der Waals surface area (Å²) in [6, 6.07) is 22.6. The molecule has 2 N–H and O–H groups in total. The van der Waals surface area contributed by atoms with Gasteiger partial charge in [0, 0.05) is 19.0 Å². The lowest BCUT2D eigenvalue weighted by atomic mass is 9.85. The number of rotatable bonds is 13. The number of aromatic carboxylic acids is 1. The molecule has 0 bridgehead atoms. The van der Waals surface area contributed by atoms with Crippen LogP contribution in [0.4, 0.5) is 0 Å². The predicted molar refractivity (Wildman–Crippen MR) is 166 cm³/mol. The number of hydrogen-bond donors (Lipinski definition) is 2. The highest BCUT2D eigenvalue weighted by Gasteiger charge is 2.27. The summed E-state index contributed by atoms with van der Waals surface area (Å²) in [5.74, 6) is -0.786. The van der Waals surface area contributed by atoms with Crippen LogP contribution < -0.4 is 4.74 Å². The van der Waals surface area contributed by atoms with Gasteiger partial charge in [-0.05, 0) is 103 Å². The summed E-state index contributed by atoms with van der Waals surface area (Å²) in [5.41, 5.74) is 6.31. The van der Waals surface area contributed by atoms with Crippen molar-refractivity contribution in [2.45, 2.75) is 90.2 Å². The maximum atomic E-state index is 11.6. The molecule has 0 aromatic heterocycles. The number of ether oxygens (including phenoxy) is 1. The Labute approximate surface area is 250 Å². The summed E-state index contributed by atoms with van der Waals surface area (Å²) in [7, 11) is 0. The highest BCUT2D eigenvalue weighted by Crippen LogP contribution is 2.36. The fourth-order valence-corrected chi connectivity index (χ4v) is 5.92. The number of carbonyl (C=O) groups is 2. The van der Waals surface area contributed by atoms with Crippen molar-refractivity contribution in [1.82, 2.24) is 4.90 Å². The molecule has 224 valence electrons. The van der Waals surface area contributed by atoms with Crippen LogP contribution in [0.1, 0.15) is 110 Å². The molecule has 0 aliphatic heterocycles. The van der Waals surface area contributed by atoms with E-state index in [2.05, 4.69) is 62.9 Å². The molecule has 1 aliphatic carbocycles. The highest BCUT2D eigenvalue weighted by molar-refractivity contribution is 5.88. The number of hydrogen-bond acceptors (Lipinski definition) is 4. The normalized spacial score (nSPS) is 15.7. The predicted octanol–water partition coefficient (Wildman–Crippen LogP) is 8.00. The van der Waals surface area contributed by atoms with Crippen LogP contribution in [-0.2, 0) is 23.1 Å². The van der Waals surface area contributed by atoms with Gasteiger partial charge in [-0.15, -0.1) is 0 Å². The monoisotopic (exact) mass is 571 g/mol. The minimum atomic E-state index is -0.901. The Bertz CT molecular complexity index is 1360. The first-order chi connectivity index (χ1) is 20.0. The van der Waals surface area contributed by atoms with Crippen LogP contribution in [0.5, 0.6) is 5.75 Å². The first-order valence-electron chi connectivity index (χ1n) is 15.2. The van der Waals surface area contributed by atoms with Crippen molar-refractivity contribution in [3.63, 3.8) is 0 Å². The van der Waals surface area contributed by atoms with E-state index in [1.807, 2.05) is 30.3 Å². The summed E-state index contributed by atoms with van der Waals surface area (Å²) >= 11 is 0. The van der Waals surface area contributed by atoms with E-state index in [0.29, 0.717) is 12.0 Å². The lowest BCUT2D eigenvalue weighted by molar-refractivity contribution is -0.137. The Morgan fingerprint density at radius 3 is 2.40 bits per heavy atom. The standard InChI is InChI=1S/C36H45NO5/c1-25(26-15-18-30(19-16-26)36(2,3)4)42-33-13-6-5-10-27(33)21-23-37(22-8-7-14-34(38)39)32-12-9-11-28-24-29(35(40)41)17-20-31(28)32/h5-6,10,13,15-20,24-25,32H,7-9,11-12,14,21-23H2,1-4H3,(H,38,39)(H,40,41)/t25-,32?/m1/s1. The van der Waals surface area contributed by atoms with Crippen molar-refractivity contribution in [1.29, 1.82) is 0 Å². The van der Waals surface area contributed by atoms with Gasteiger partial charge in [0.2, 0.25) is 0 Å². The first kappa shape index (κ1) is 31.3. The maximum Gasteiger partial charge on any atom is 0.335 e. The fourth-order valence-electron chi connectivity index (χ4n) is 5.92. The average molecular weight is 572 g/mol. The summed E-state index contributed by atoms with van der Waals surface area (Å²) < 4.78 is 6.51. The van der Waals surface area contributed by atoms with Crippen molar-refractivity contribution in [2.75, 3.05) is 13.1 Å². The molecule has 1 unspecified atom stereocenters. The highest BCUT2D eigenvalue weighted by atomic mass is 16.5. The summed E-state index contributed by atoms with van der Waals surface area (Å²) in [6.45, 7) is 10.3. The number of nitrogens with zero attached hydrogens (tertiary/aromatic N) is 1. The van der Waals surface area contributed by atoms with Crippen LogP contribution in [0, 0.1) is 0 Å². The van der Waals surface area contributed by atoms with Gasteiger partial charge in [-0.1, -0.05) is 69.3 Å². The molecule has 42 heavy (non-hydrogen) atoms. The molecule has 3 aromatic carbocycles. The summed E-state index contributed by atoms with van der Waals surface area (Å²) in [5, 5.41) is 18.6. The Balaban J connectivity index is 1.50. The van der Waals surface area contributed by atoms with Crippen molar-refractivity contribution < 1.29 is 24.5 Å². The van der Waals surface area contributed by atoms with E-state index < -0.39 is 11.9 Å². The largest absolute Gasteiger partial charge is 0.486 e. The quantitative estimate of drug-likeness (QED) is 0.202. The first-order valence-corrected chi connectivity index (χ1v) is 15.2. The molecule has 0 heterocycles. The van der Waals surface area contributed by atoms with E-state index in [0.717, 1.165) is 67.6 Å². The van der Waals surface area contributed by atoms with Crippen molar-refractivity contribution in [3.05, 3.63) is 100 Å². The van der Waals surface area contributed by atoms with E-state index >= 15 is 0 Å². The molecule has 0 saturated carbocycles. The van der Waals surface area contributed by atoms with Crippen molar-refractivity contribution in [2.24, 2.45) is 0 Å². The second-order valence-corrected chi connectivity index (χ2v) is 12.5. The topological polar surface area (TPSA) is 87.1 Å². The van der Waals surface area contributed by atoms with E-state index in [-0.39, 0.29) is 24.0 Å². The molecule has 1 aliphatic rings. The van der Waals surface area contributed by atoms with Gasteiger partial charge in [-0.3, -0.25) is 9.69 Å².